The summed E-state index contributed by atoms with van der Waals surface area (Å²) in [6.45, 7) is 5.26. The van der Waals surface area contributed by atoms with E-state index in [9.17, 15) is 8.42 Å². The van der Waals surface area contributed by atoms with Crippen molar-refractivity contribution < 1.29 is 8.42 Å². The highest BCUT2D eigenvalue weighted by Crippen LogP contribution is 2.28. The minimum atomic E-state index is -3.52. The zero-order valence-corrected chi connectivity index (χ0v) is 15.3. The van der Waals surface area contributed by atoms with Gasteiger partial charge in [-0.15, -0.1) is 0 Å². The van der Waals surface area contributed by atoms with Crippen molar-refractivity contribution in [2.75, 3.05) is 13.1 Å². The number of benzene rings is 1. The molecule has 0 aromatic heterocycles. The molecule has 1 aliphatic heterocycles. The molecule has 1 aliphatic rings. The van der Waals surface area contributed by atoms with E-state index < -0.39 is 10.0 Å². The lowest BCUT2D eigenvalue weighted by Gasteiger charge is -2.28. The summed E-state index contributed by atoms with van der Waals surface area (Å²) in [6.07, 6.45) is 2.12. The van der Waals surface area contributed by atoms with Gasteiger partial charge in [0.1, 0.15) is 0 Å². The van der Waals surface area contributed by atoms with Gasteiger partial charge in [-0.1, -0.05) is 11.6 Å². The van der Waals surface area contributed by atoms with E-state index in [4.69, 9.17) is 11.6 Å². The second-order valence-electron chi connectivity index (χ2n) is 5.54. The van der Waals surface area contributed by atoms with Crippen LogP contribution >= 0.6 is 27.5 Å². The van der Waals surface area contributed by atoms with Gasteiger partial charge in [-0.05, 0) is 67.4 Å². The summed E-state index contributed by atoms with van der Waals surface area (Å²) >= 11 is 9.23. The summed E-state index contributed by atoms with van der Waals surface area (Å²) in [5.74, 6) is 0. The molecule has 1 aromatic rings. The van der Waals surface area contributed by atoms with Crippen LogP contribution in [0.5, 0.6) is 0 Å². The molecule has 1 atom stereocenters. The predicted octanol–water partition coefficient (Wildman–Crippen LogP) is 3.25. The molecule has 0 amide bonds. The van der Waals surface area contributed by atoms with Crippen molar-refractivity contribution in [3.05, 3.63) is 27.7 Å². The molecule has 0 aliphatic carbocycles. The van der Waals surface area contributed by atoms with E-state index in [1.54, 1.807) is 22.5 Å². The van der Waals surface area contributed by atoms with E-state index in [1.807, 2.05) is 13.8 Å². The molecular formula is C14H20BrClN2O2S. The number of hydrogen-bond donors (Lipinski definition) is 1. The van der Waals surface area contributed by atoms with Gasteiger partial charge in [0.2, 0.25) is 10.0 Å². The molecule has 1 N–H and O–H groups in total. The first-order chi connectivity index (χ1) is 9.82. The Labute approximate surface area is 140 Å². The Kier molecular flexibility index (Phi) is 5.71. The monoisotopic (exact) mass is 394 g/mol. The van der Waals surface area contributed by atoms with Crippen molar-refractivity contribution in [1.29, 1.82) is 0 Å². The molecule has 1 heterocycles. The smallest absolute Gasteiger partial charge is 0.243 e. The van der Waals surface area contributed by atoms with Crippen molar-refractivity contribution in [3.63, 3.8) is 0 Å². The molecular weight excluding hydrogens is 376 g/mol. The first-order valence-corrected chi connectivity index (χ1v) is 9.63. The average Bonchev–Trinajstić information content (AvgIpc) is 2.91. The molecule has 1 fully saturated rings. The number of hydrogen-bond acceptors (Lipinski definition) is 3. The molecule has 0 radical (unpaired) electrons. The zero-order valence-electron chi connectivity index (χ0n) is 12.1. The van der Waals surface area contributed by atoms with Crippen LogP contribution in [0.1, 0.15) is 26.7 Å². The van der Waals surface area contributed by atoms with Crippen LogP contribution < -0.4 is 5.32 Å². The van der Waals surface area contributed by atoms with E-state index in [0.29, 0.717) is 16.0 Å². The van der Waals surface area contributed by atoms with Crippen LogP contribution in [0, 0.1) is 0 Å². The Morgan fingerprint density at radius 3 is 2.71 bits per heavy atom. The van der Waals surface area contributed by atoms with E-state index in [0.717, 1.165) is 19.4 Å². The molecule has 4 nitrogen and oxygen atoms in total. The molecule has 2 rings (SSSR count). The Morgan fingerprint density at radius 1 is 1.48 bits per heavy atom. The van der Waals surface area contributed by atoms with Crippen LogP contribution in [0.4, 0.5) is 0 Å². The first-order valence-electron chi connectivity index (χ1n) is 7.02. The van der Waals surface area contributed by atoms with Gasteiger partial charge in [0.05, 0.1) is 9.92 Å². The Bertz CT molecular complexity index is 601. The number of halogens is 2. The van der Waals surface area contributed by atoms with Gasteiger partial charge in [-0.3, -0.25) is 0 Å². The fraction of sp³-hybridized carbons (Fsp3) is 0.571. The van der Waals surface area contributed by atoms with Gasteiger partial charge < -0.3 is 5.32 Å². The van der Waals surface area contributed by atoms with Crippen LogP contribution in [-0.4, -0.2) is 37.9 Å². The van der Waals surface area contributed by atoms with Crippen molar-refractivity contribution in [2.45, 2.75) is 43.7 Å². The SMILES string of the molecule is CC(C)N(CC1CCCN1)S(=O)(=O)c1ccc(Cl)c(Br)c1. The minimum absolute atomic E-state index is 0.0909. The summed E-state index contributed by atoms with van der Waals surface area (Å²) in [5.41, 5.74) is 0. The van der Waals surface area contributed by atoms with Gasteiger partial charge in [0.15, 0.2) is 0 Å². The van der Waals surface area contributed by atoms with Crippen LogP contribution in [0.15, 0.2) is 27.6 Å². The fourth-order valence-electron chi connectivity index (χ4n) is 2.49. The van der Waals surface area contributed by atoms with Crippen LogP contribution in [-0.2, 0) is 10.0 Å². The summed E-state index contributed by atoms with van der Waals surface area (Å²) in [7, 11) is -3.52. The third-order valence-electron chi connectivity index (χ3n) is 3.64. The largest absolute Gasteiger partial charge is 0.313 e. The highest BCUT2D eigenvalue weighted by Gasteiger charge is 2.30. The molecule has 0 bridgehead atoms. The summed E-state index contributed by atoms with van der Waals surface area (Å²) in [5, 5.41) is 3.85. The molecule has 0 saturated carbocycles. The maximum absolute atomic E-state index is 12.9. The zero-order chi connectivity index (χ0) is 15.6. The van der Waals surface area contributed by atoms with Gasteiger partial charge >= 0.3 is 0 Å². The molecule has 1 unspecified atom stereocenters. The normalized spacial score (nSPS) is 19.6. The summed E-state index contributed by atoms with van der Waals surface area (Å²) < 4.78 is 27.9. The summed E-state index contributed by atoms with van der Waals surface area (Å²) in [6, 6.07) is 4.87. The molecule has 7 heteroatoms. The molecule has 118 valence electrons. The minimum Gasteiger partial charge on any atom is -0.313 e. The molecule has 0 spiro atoms. The lowest BCUT2D eigenvalue weighted by atomic mass is 10.2. The van der Waals surface area contributed by atoms with Crippen molar-refractivity contribution in [2.24, 2.45) is 0 Å². The van der Waals surface area contributed by atoms with Gasteiger partial charge in [0.25, 0.3) is 0 Å². The van der Waals surface area contributed by atoms with Crippen LogP contribution in [0.2, 0.25) is 5.02 Å². The van der Waals surface area contributed by atoms with Gasteiger partial charge in [-0.2, -0.15) is 4.31 Å². The number of nitrogens with zero attached hydrogens (tertiary/aromatic N) is 1. The number of nitrogens with one attached hydrogen (secondary N) is 1. The van der Waals surface area contributed by atoms with E-state index >= 15 is 0 Å². The maximum Gasteiger partial charge on any atom is 0.243 e. The highest BCUT2D eigenvalue weighted by atomic mass is 79.9. The topological polar surface area (TPSA) is 49.4 Å². The van der Waals surface area contributed by atoms with E-state index in [-0.39, 0.29) is 17.0 Å². The summed E-state index contributed by atoms with van der Waals surface area (Å²) in [4.78, 5) is 0.269. The first kappa shape index (κ1) is 17.2. The second kappa shape index (κ2) is 6.96. The number of rotatable bonds is 5. The molecule has 1 saturated heterocycles. The lowest BCUT2D eigenvalue weighted by Crippen LogP contribution is -2.44. The van der Waals surface area contributed by atoms with Crippen molar-refractivity contribution in [1.82, 2.24) is 9.62 Å². The molecule has 21 heavy (non-hydrogen) atoms. The van der Waals surface area contributed by atoms with E-state index in [2.05, 4.69) is 21.2 Å². The van der Waals surface area contributed by atoms with Crippen molar-refractivity contribution in [3.8, 4) is 0 Å². The third kappa shape index (κ3) is 3.99. The lowest BCUT2D eigenvalue weighted by molar-refractivity contribution is 0.322. The predicted molar refractivity (Wildman–Crippen MR) is 89.2 cm³/mol. The Morgan fingerprint density at radius 2 is 2.19 bits per heavy atom. The van der Waals surface area contributed by atoms with Crippen LogP contribution in [0.25, 0.3) is 0 Å². The number of sulfonamides is 1. The molecule has 1 aromatic carbocycles. The van der Waals surface area contributed by atoms with Crippen LogP contribution in [0.3, 0.4) is 0 Å². The Hall–Kier alpha value is -0.140. The van der Waals surface area contributed by atoms with Crippen molar-refractivity contribution >= 4 is 37.6 Å². The Balaban J connectivity index is 2.30. The second-order valence-corrected chi connectivity index (χ2v) is 8.69. The fourth-order valence-corrected chi connectivity index (χ4v) is 4.85. The average molecular weight is 396 g/mol. The third-order valence-corrected chi connectivity index (χ3v) is 6.89. The highest BCUT2D eigenvalue weighted by molar-refractivity contribution is 9.10. The van der Waals surface area contributed by atoms with E-state index in [1.165, 1.54) is 0 Å². The maximum atomic E-state index is 12.9. The van der Waals surface area contributed by atoms with Gasteiger partial charge in [-0.25, -0.2) is 8.42 Å². The van der Waals surface area contributed by atoms with Gasteiger partial charge in [0, 0.05) is 23.1 Å². The standard InChI is InChI=1S/C14H20BrClN2O2S/c1-10(2)18(9-11-4-3-7-17-11)21(19,20)12-5-6-14(16)13(15)8-12/h5-6,8,10-11,17H,3-4,7,9H2,1-2H3. The quantitative estimate of drug-likeness (QED) is 0.832.